The van der Waals surface area contributed by atoms with Gasteiger partial charge >= 0.3 is 0 Å². The molecule has 1 aromatic carbocycles. The monoisotopic (exact) mass is 328 g/mol. The van der Waals surface area contributed by atoms with Gasteiger partial charge in [0, 0.05) is 13.0 Å². The normalized spacial score (nSPS) is 22.3. The summed E-state index contributed by atoms with van der Waals surface area (Å²) in [5, 5.41) is 2.29. The van der Waals surface area contributed by atoms with Crippen molar-refractivity contribution < 1.29 is 17.6 Å². The van der Waals surface area contributed by atoms with Crippen LogP contribution >= 0.6 is 0 Å². The summed E-state index contributed by atoms with van der Waals surface area (Å²) in [4.78, 5) is 11.0. The van der Waals surface area contributed by atoms with E-state index in [0.717, 1.165) is 37.8 Å². The summed E-state index contributed by atoms with van der Waals surface area (Å²) in [6.07, 6.45) is 3.60. The molecular weight excluding hydrogens is 307 g/mol. The van der Waals surface area contributed by atoms with Crippen molar-refractivity contribution in [2.24, 2.45) is 5.92 Å². The molecule has 0 bridgehead atoms. The molecule has 0 atom stereocenters. The van der Waals surface area contributed by atoms with E-state index in [1.54, 1.807) is 0 Å². The molecule has 1 fully saturated rings. The third kappa shape index (κ3) is 4.27. The van der Waals surface area contributed by atoms with Gasteiger partial charge in [0.05, 0.1) is 10.6 Å². The van der Waals surface area contributed by atoms with Gasteiger partial charge in [-0.3, -0.25) is 4.79 Å². The maximum absolute atomic E-state index is 13.6. The fraction of sp³-hybridized carbons (Fsp3) is 0.533. The van der Waals surface area contributed by atoms with Crippen molar-refractivity contribution in [3.05, 3.63) is 24.0 Å². The summed E-state index contributed by atoms with van der Waals surface area (Å²) < 4.78 is 41.0. The van der Waals surface area contributed by atoms with Crippen molar-refractivity contribution >= 4 is 21.6 Å². The zero-order valence-corrected chi connectivity index (χ0v) is 13.5. The van der Waals surface area contributed by atoms with E-state index in [9.17, 15) is 17.6 Å². The Balaban J connectivity index is 2.16. The van der Waals surface area contributed by atoms with Crippen LogP contribution in [0.2, 0.25) is 0 Å². The number of amides is 1. The minimum Gasteiger partial charge on any atom is -0.324 e. The molecule has 0 heterocycles. The predicted molar refractivity (Wildman–Crippen MR) is 82.4 cm³/mol. The fourth-order valence-electron chi connectivity index (χ4n) is 2.62. The van der Waals surface area contributed by atoms with Gasteiger partial charge in [0.2, 0.25) is 15.9 Å². The zero-order chi connectivity index (χ0) is 16.3. The van der Waals surface area contributed by atoms with Crippen molar-refractivity contribution in [1.82, 2.24) is 4.72 Å². The number of carbonyl (C=O) groups excluding carboxylic acids is 1. The van der Waals surface area contributed by atoms with Crippen molar-refractivity contribution in [1.29, 1.82) is 0 Å². The van der Waals surface area contributed by atoms with Crippen LogP contribution in [0.5, 0.6) is 0 Å². The lowest BCUT2D eigenvalue weighted by molar-refractivity contribution is -0.114. The van der Waals surface area contributed by atoms with Gasteiger partial charge in [-0.05, 0) is 49.8 Å². The standard InChI is InChI=1S/C15H21FN2O3S/c1-10-3-5-12(6-4-10)18-22(20,21)13-7-8-14(16)15(9-13)17-11(2)19/h7-10,12,18H,3-6H2,1-2H3,(H,17,19). The van der Waals surface area contributed by atoms with Crippen LogP contribution in [0.25, 0.3) is 0 Å². The largest absolute Gasteiger partial charge is 0.324 e. The highest BCUT2D eigenvalue weighted by atomic mass is 32.2. The Morgan fingerprint density at radius 1 is 1.23 bits per heavy atom. The third-order valence-corrected chi connectivity index (χ3v) is 5.41. The lowest BCUT2D eigenvalue weighted by Gasteiger charge is -2.26. The van der Waals surface area contributed by atoms with Crippen LogP contribution in [0.1, 0.15) is 39.5 Å². The molecule has 122 valence electrons. The molecule has 0 spiro atoms. The highest BCUT2D eigenvalue weighted by Gasteiger charge is 2.24. The molecule has 0 aliphatic heterocycles. The molecule has 1 aliphatic carbocycles. The van der Waals surface area contributed by atoms with Crippen LogP contribution in [0.15, 0.2) is 23.1 Å². The molecule has 2 rings (SSSR count). The lowest BCUT2D eigenvalue weighted by atomic mass is 9.88. The minimum atomic E-state index is -3.72. The number of nitrogens with one attached hydrogen (secondary N) is 2. The second-order valence-electron chi connectivity index (χ2n) is 5.90. The second-order valence-corrected chi connectivity index (χ2v) is 7.61. The quantitative estimate of drug-likeness (QED) is 0.892. The van der Waals surface area contributed by atoms with E-state index in [0.29, 0.717) is 5.92 Å². The van der Waals surface area contributed by atoms with E-state index < -0.39 is 21.7 Å². The molecule has 1 aromatic rings. The van der Waals surface area contributed by atoms with E-state index >= 15 is 0 Å². The molecular formula is C15H21FN2O3S. The molecule has 0 aromatic heterocycles. The van der Waals surface area contributed by atoms with Gasteiger partial charge in [0.15, 0.2) is 0 Å². The molecule has 5 nitrogen and oxygen atoms in total. The summed E-state index contributed by atoms with van der Waals surface area (Å²) in [5.74, 6) is -0.499. The highest BCUT2D eigenvalue weighted by molar-refractivity contribution is 7.89. The number of carbonyl (C=O) groups is 1. The average Bonchev–Trinajstić information content (AvgIpc) is 2.43. The number of anilines is 1. The number of hydrogen-bond donors (Lipinski definition) is 2. The Morgan fingerprint density at radius 3 is 2.45 bits per heavy atom. The molecule has 7 heteroatoms. The van der Waals surface area contributed by atoms with Crippen molar-refractivity contribution in [2.45, 2.75) is 50.5 Å². The highest BCUT2D eigenvalue weighted by Crippen LogP contribution is 2.25. The number of benzene rings is 1. The topological polar surface area (TPSA) is 75.3 Å². The van der Waals surface area contributed by atoms with E-state index in [1.807, 2.05) is 0 Å². The Labute approximate surface area is 130 Å². The first-order chi connectivity index (χ1) is 10.3. The van der Waals surface area contributed by atoms with E-state index in [4.69, 9.17) is 0 Å². The second kappa shape index (κ2) is 6.75. The van der Waals surface area contributed by atoms with Crippen molar-refractivity contribution in [2.75, 3.05) is 5.32 Å². The summed E-state index contributed by atoms with van der Waals surface area (Å²) in [5.41, 5.74) is -0.132. The number of hydrogen-bond acceptors (Lipinski definition) is 3. The average molecular weight is 328 g/mol. The van der Waals surface area contributed by atoms with E-state index in [1.165, 1.54) is 13.0 Å². The van der Waals surface area contributed by atoms with E-state index in [-0.39, 0.29) is 16.6 Å². The number of halogens is 1. The first-order valence-corrected chi connectivity index (χ1v) is 8.85. The maximum Gasteiger partial charge on any atom is 0.240 e. The van der Waals surface area contributed by atoms with Gasteiger partial charge in [-0.1, -0.05) is 6.92 Å². The predicted octanol–water partition coefficient (Wildman–Crippen LogP) is 2.64. The molecule has 22 heavy (non-hydrogen) atoms. The molecule has 1 aliphatic rings. The minimum absolute atomic E-state index is 0.0451. The van der Waals surface area contributed by atoms with Gasteiger partial charge in [0.25, 0.3) is 0 Å². The van der Waals surface area contributed by atoms with Crippen LogP contribution in [0.3, 0.4) is 0 Å². The first kappa shape index (κ1) is 16.9. The molecule has 1 saturated carbocycles. The Hall–Kier alpha value is -1.47. The Kier molecular flexibility index (Phi) is 5.18. The fourth-order valence-corrected chi connectivity index (χ4v) is 3.95. The van der Waals surface area contributed by atoms with Crippen LogP contribution in [0, 0.1) is 11.7 Å². The third-order valence-electron chi connectivity index (χ3n) is 3.90. The van der Waals surface area contributed by atoms with Gasteiger partial charge in [-0.15, -0.1) is 0 Å². The lowest BCUT2D eigenvalue weighted by Crippen LogP contribution is -2.37. The van der Waals surface area contributed by atoms with Gasteiger partial charge in [-0.2, -0.15) is 0 Å². The van der Waals surface area contributed by atoms with E-state index in [2.05, 4.69) is 17.0 Å². The van der Waals surface area contributed by atoms with Crippen molar-refractivity contribution in [3.63, 3.8) is 0 Å². The maximum atomic E-state index is 13.6. The SMILES string of the molecule is CC(=O)Nc1cc(S(=O)(=O)NC2CCC(C)CC2)ccc1F. The summed E-state index contributed by atoms with van der Waals surface area (Å²) in [7, 11) is -3.72. The van der Waals surface area contributed by atoms with Crippen LogP contribution in [0.4, 0.5) is 10.1 Å². The smallest absolute Gasteiger partial charge is 0.240 e. The molecule has 0 unspecified atom stereocenters. The molecule has 0 saturated heterocycles. The Morgan fingerprint density at radius 2 is 1.86 bits per heavy atom. The number of rotatable bonds is 4. The molecule has 2 N–H and O–H groups in total. The van der Waals surface area contributed by atoms with Crippen LogP contribution in [-0.4, -0.2) is 20.4 Å². The van der Waals surface area contributed by atoms with Crippen LogP contribution < -0.4 is 10.0 Å². The van der Waals surface area contributed by atoms with Gasteiger partial charge < -0.3 is 5.32 Å². The summed E-state index contributed by atoms with van der Waals surface area (Å²) in [6.45, 7) is 3.40. The van der Waals surface area contributed by atoms with Crippen molar-refractivity contribution in [3.8, 4) is 0 Å². The molecule has 0 radical (unpaired) electrons. The van der Waals surface area contributed by atoms with Gasteiger partial charge in [0.1, 0.15) is 5.82 Å². The zero-order valence-electron chi connectivity index (χ0n) is 12.7. The Bertz CT molecular complexity index is 653. The van der Waals surface area contributed by atoms with Crippen LogP contribution in [-0.2, 0) is 14.8 Å². The summed E-state index contributed by atoms with van der Waals surface area (Å²) in [6, 6.07) is 3.30. The first-order valence-electron chi connectivity index (χ1n) is 7.37. The van der Waals surface area contributed by atoms with Gasteiger partial charge in [-0.25, -0.2) is 17.5 Å². The number of sulfonamides is 1. The molecule has 1 amide bonds. The summed E-state index contributed by atoms with van der Waals surface area (Å²) >= 11 is 0.